The van der Waals surface area contributed by atoms with Gasteiger partial charge in [-0.1, -0.05) is 45.4 Å². The topological polar surface area (TPSA) is 15.3 Å². The van der Waals surface area contributed by atoms with Gasteiger partial charge in [0.05, 0.1) is 0 Å². The van der Waals surface area contributed by atoms with Crippen LogP contribution in [0.5, 0.6) is 0 Å². The first-order chi connectivity index (χ1) is 9.91. The smallest absolute Gasteiger partial charge is 0.0426 e. The molecule has 1 atom stereocenters. The van der Waals surface area contributed by atoms with Gasteiger partial charge < -0.3 is 10.2 Å². The van der Waals surface area contributed by atoms with E-state index < -0.39 is 0 Å². The number of hydrogen-bond donors (Lipinski definition) is 1. The maximum Gasteiger partial charge on any atom is 0.0426 e. The lowest BCUT2D eigenvalue weighted by molar-refractivity contribution is 0.263. The Hall–Kier alpha value is -0.730. The van der Waals surface area contributed by atoms with Crippen LogP contribution in [0.4, 0.5) is 5.69 Å². The summed E-state index contributed by atoms with van der Waals surface area (Å²) in [6.45, 7) is 13.5. The molecule has 0 radical (unpaired) electrons. The lowest BCUT2D eigenvalue weighted by Crippen LogP contribution is -2.27. The van der Waals surface area contributed by atoms with Crippen LogP contribution in [0.2, 0.25) is 5.02 Å². The lowest BCUT2D eigenvalue weighted by atomic mass is 9.80. The molecule has 1 aliphatic heterocycles. The summed E-state index contributed by atoms with van der Waals surface area (Å²) in [5.41, 5.74) is 3.06. The molecular weight excluding hydrogens is 280 g/mol. The van der Waals surface area contributed by atoms with Crippen LogP contribution < -0.4 is 10.2 Å². The quantitative estimate of drug-likeness (QED) is 0.792. The molecule has 0 aliphatic carbocycles. The monoisotopic (exact) mass is 308 g/mol. The van der Waals surface area contributed by atoms with Gasteiger partial charge in [-0.3, -0.25) is 0 Å². The molecule has 1 N–H and O–H groups in total. The van der Waals surface area contributed by atoms with Crippen LogP contribution in [0.15, 0.2) is 18.2 Å². The average molecular weight is 309 g/mol. The maximum absolute atomic E-state index is 6.24. The molecular formula is C18H29ClN2. The Morgan fingerprint density at radius 2 is 2.10 bits per heavy atom. The van der Waals surface area contributed by atoms with Gasteiger partial charge in [0.15, 0.2) is 0 Å². The number of halogens is 1. The van der Waals surface area contributed by atoms with Crippen molar-refractivity contribution in [3.8, 4) is 0 Å². The predicted octanol–water partition coefficient (Wildman–Crippen LogP) is 4.71. The Labute approximate surface area is 134 Å². The Bertz CT molecular complexity index is 465. The van der Waals surface area contributed by atoms with E-state index in [1.54, 1.807) is 0 Å². The van der Waals surface area contributed by atoms with Gasteiger partial charge in [-0.15, -0.1) is 0 Å². The van der Waals surface area contributed by atoms with Crippen LogP contribution >= 0.6 is 11.6 Å². The number of benzene rings is 1. The standard InChI is InChI=1S/C18H29ClN2/c1-5-9-20-12-14-6-7-16(19)11-17(14)21-10-8-15(13-21)18(2,3)4/h6-7,11,15,20H,5,8-10,12-13H2,1-4H3. The third-order valence-corrected chi connectivity index (χ3v) is 4.78. The van der Waals surface area contributed by atoms with Crippen molar-refractivity contribution < 1.29 is 0 Å². The zero-order valence-corrected chi connectivity index (χ0v) is 14.6. The van der Waals surface area contributed by atoms with E-state index in [1.165, 1.54) is 24.1 Å². The highest BCUT2D eigenvalue weighted by atomic mass is 35.5. The molecule has 1 aliphatic rings. The van der Waals surface area contributed by atoms with E-state index in [4.69, 9.17) is 11.6 Å². The highest BCUT2D eigenvalue weighted by molar-refractivity contribution is 6.30. The van der Waals surface area contributed by atoms with Crippen molar-refractivity contribution in [3.05, 3.63) is 28.8 Å². The third kappa shape index (κ3) is 4.37. The van der Waals surface area contributed by atoms with Crippen molar-refractivity contribution in [1.29, 1.82) is 0 Å². The molecule has 1 unspecified atom stereocenters. The Kier molecular flexibility index (Phi) is 5.56. The molecule has 0 aromatic heterocycles. The summed E-state index contributed by atoms with van der Waals surface area (Å²) < 4.78 is 0. The summed E-state index contributed by atoms with van der Waals surface area (Å²) >= 11 is 6.24. The van der Waals surface area contributed by atoms with E-state index >= 15 is 0 Å². The zero-order chi connectivity index (χ0) is 15.5. The van der Waals surface area contributed by atoms with E-state index in [0.29, 0.717) is 5.41 Å². The van der Waals surface area contributed by atoms with Crippen molar-refractivity contribution in [2.24, 2.45) is 11.3 Å². The number of nitrogens with zero attached hydrogens (tertiary/aromatic N) is 1. The SMILES string of the molecule is CCCNCc1ccc(Cl)cc1N1CCC(C(C)(C)C)C1. The van der Waals surface area contributed by atoms with Crippen molar-refractivity contribution in [2.45, 2.75) is 47.1 Å². The van der Waals surface area contributed by atoms with Crippen LogP contribution in [0, 0.1) is 11.3 Å². The van der Waals surface area contributed by atoms with Gasteiger partial charge in [0, 0.05) is 30.3 Å². The number of rotatable bonds is 5. The van der Waals surface area contributed by atoms with E-state index in [1.807, 2.05) is 6.07 Å². The van der Waals surface area contributed by atoms with Crippen molar-refractivity contribution in [2.75, 3.05) is 24.5 Å². The predicted molar refractivity (Wildman–Crippen MR) is 93.2 cm³/mol. The molecule has 1 saturated heterocycles. The van der Waals surface area contributed by atoms with Crippen LogP contribution in [0.1, 0.15) is 46.1 Å². The summed E-state index contributed by atoms with van der Waals surface area (Å²) in [6.07, 6.45) is 2.44. The lowest BCUT2D eigenvalue weighted by Gasteiger charge is -2.28. The van der Waals surface area contributed by atoms with Crippen LogP contribution in [0.25, 0.3) is 0 Å². The summed E-state index contributed by atoms with van der Waals surface area (Å²) in [5.74, 6) is 0.757. The summed E-state index contributed by atoms with van der Waals surface area (Å²) in [7, 11) is 0. The first-order valence-electron chi connectivity index (χ1n) is 8.16. The van der Waals surface area contributed by atoms with Gasteiger partial charge in [0.2, 0.25) is 0 Å². The number of nitrogens with one attached hydrogen (secondary N) is 1. The second-order valence-electron chi connectivity index (χ2n) is 7.25. The van der Waals surface area contributed by atoms with Crippen molar-refractivity contribution in [1.82, 2.24) is 5.32 Å². The van der Waals surface area contributed by atoms with E-state index in [0.717, 1.165) is 37.1 Å². The van der Waals surface area contributed by atoms with Gasteiger partial charge >= 0.3 is 0 Å². The summed E-state index contributed by atoms with van der Waals surface area (Å²) in [4.78, 5) is 2.52. The fraction of sp³-hybridized carbons (Fsp3) is 0.667. The molecule has 1 aromatic carbocycles. The van der Waals surface area contributed by atoms with Gasteiger partial charge in [-0.25, -0.2) is 0 Å². The van der Waals surface area contributed by atoms with Crippen LogP contribution in [-0.4, -0.2) is 19.6 Å². The molecule has 2 nitrogen and oxygen atoms in total. The Morgan fingerprint density at radius 3 is 2.71 bits per heavy atom. The Morgan fingerprint density at radius 1 is 1.33 bits per heavy atom. The third-order valence-electron chi connectivity index (χ3n) is 4.54. The first kappa shape index (κ1) is 16.6. The normalized spacial score (nSPS) is 19.3. The molecule has 3 heteroatoms. The maximum atomic E-state index is 6.24. The van der Waals surface area contributed by atoms with Crippen molar-refractivity contribution in [3.63, 3.8) is 0 Å². The number of hydrogen-bond acceptors (Lipinski definition) is 2. The molecule has 118 valence electrons. The van der Waals surface area contributed by atoms with Crippen LogP contribution in [-0.2, 0) is 6.54 Å². The molecule has 1 fully saturated rings. The van der Waals surface area contributed by atoms with Crippen molar-refractivity contribution >= 4 is 17.3 Å². The van der Waals surface area contributed by atoms with E-state index in [9.17, 15) is 0 Å². The Balaban J connectivity index is 2.13. The molecule has 0 saturated carbocycles. The van der Waals surface area contributed by atoms with Gasteiger partial charge in [0.1, 0.15) is 0 Å². The zero-order valence-electron chi connectivity index (χ0n) is 13.9. The highest BCUT2D eigenvalue weighted by Crippen LogP contribution is 2.37. The second kappa shape index (κ2) is 7.02. The van der Waals surface area contributed by atoms with Gasteiger partial charge in [-0.05, 0) is 48.4 Å². The number of anilines is 1. The molecule has 2 rings (SSSR count). The summed E-state index contributed by atoms with van der Waals surface area (Å²) in [5, 5.41) is 4.34. The molecule has 21 heavy (non-hydrogen) atoms. The highest BCUT2D eigenvalue weighted by Gasteiger charge is 2.32. The largest absolute Gasteiger partial charge is 0.371 e. The van der Waals surface area contributed by atoms with E-state index in [2.05, 4.69) is 50.0 Å². The minimum atomic E-state index is 0.383. The molecule has 0 amide bonds. The van der Waals surface area contributed by atoms with Gasteiger partial charge in [-0.2, -0.15) is 0 Å². The summed E-state index contributed by atoms with van der Waals surface area (Å²) in [6, 6.07) is 6.31. The fourth-order valence-corrected chi connectivity index (χ4v) is 3.23. The molecule has 1 aromatic rings. The van der Waals surface area contributed by atoms with Crippen LogP contribution in [0.3, 0.4) is 0 Å². The molecule has 0 spiro atoms. The van der Waals surface area contributed by atoms with E-state index in [-0.39, 0.29) is 0 Å². The average Bonchev–Trinajstić information content (AvgIpc) is 2.90. The van der Waals surface area contributed by atoms with Gasteiger partial charge in [0.25, 0.3) is 0 Å². The molecule has 1 heterocycles. The minimum Gasteiger partial charge on any atom is -0.371 e. The molecule has 0 bridgehead atoms. The first-order valence-corrected chi connectivity index (χ1v) is 8.53. The second-order valence-corrected chi connectivity index (χ2v) is 7.68. The fourth-order valence-electron chi connectivity index (χ4n) is 3.07. The minimum absolute atomic E-state index is 0.383.